The maximum atomic E-state index is 14.3. The number of aliphatic hydroxyl groups is 2. The Bertz CT molecular complexity index is 2310. The number of likely N-dealkylation sites (tertiary alicyclic amines) is 1. The van der Waals surface area contributed by atoms with Gasteiger partial charge in [-0.2, -0.15) is 0 Å². The molecular formula is C48H51IN2O7SSi. The first kappa shape index (κ1) is 43.6. The van der Waals surface area contributed by atoms with Gasteiger partial charge in [0.25, 0.3) is 8.32 Å². The van der Waals surface area contributed by atoms with Crippen molar-refractivity contribution in [3.63, 3.8) is 0 Å². The number of aliphatic hydroxyl groups excluding tert-OH is 2. The van der Waals surface area contributed by atoms with Crippen LogP contribution in [-0.2, 0) is 20.6 Å². The summed E-state index contributed by atoms with van der Waals surface area (Å²) in [5.41, 5.74) is 3.66. The number of hydrogen-bond donors (Lipinski definition) is 3. The fraction of sp³-hybridized carbons (Fsp3) is 0.312. The maximum absolute atomic E-state index is 14.3. The average Bonchev–Trinajstić information content (AvgIpc) is 3.86. The minimum Gasteiger partial charge on any atom is -0.504 e. The van der Waals surface area contributed by atoms with E-state index in [0.717, 1.165) is 37.7 Å². The molecule has 7 rings (SSSR count). The third kappa shape index (κ3) is 8.68. The summed E-state index contributed by atoms with van der Waals surface area (Å²) in [6.07, 6.45) is 3.46. The number of rotatable bonds is 15. The van der Waals surface area contributed by atoms with Gasteiger partial charge in [-0.15, -0.1) is 11.3 Å². The number of phenolic OH excluding ortho intramolecular Hbond substituents is 1. The van der Waals surface area contributed by atoms with Crippen LogP contribution in [0.2, 0.25) is 5.04 Å². The molecule has 12 heteroatoms. The van der Waals surface area contributed by atoms with E-state index >= 15 is 0 Å². The second kappa shape index (κ2) is 18.7. The molecule has 9 nitrogen and oxygen atoms in total. The number of halogens is 1. The van der Waals surface area contributed by atoms with Crippen molar-refractivity contribution in [3.8, 4) is 11.5 Å². The minimum atomic E-state index is -3.08. The van der Waals surface area contributed by atoms with E-state index < -0.39 is 38.8 Å². The van der Waals surface area contributed by atoms with Crippen molar-refractivity contribution >= 4 is 76.1 Å². The molecular weight excluding hydrogens is 904 g/mol. The molecule has 3 aromatic carbocycles. The van der Waals surface area contributed by atoms with Crippen molar-refractivity contribution in [1.82, 2.24) is 9.88 Å². The quantitative estimate of drug-likeness (QED) is 0.0420. The van der Waals surface area contributed by atoms with Crippen molar-refractivity contribution in [2.45, 2.75) is 57.7 Å². The number of methoxy groups -OCH3 is 1. The number of amides is 2. The molecule has 3 heterocycles. The molecule has 2 amide bonds. The largest absolute Gasteiger partial charge is 0.504 e. The SMILES string of the molecule is COc1cc(/C=C(/CC[C@@H](O)C2=C(CO[Si](c3ccccc3)(c3ccccc3)C(C)(C)C)C[C@H]3C(=O)N(Cc4cccs4)C(=O)[C@H]3[C@H]2CO)c2ccccn2)cc(I)c1O. The smallest absolute Gasteiger partial charge is 0.261 e. The molecule has 1 fully saturated rings. The van der Waals surface area contributed by atoms with Gasteiger partial charge in [-0.05, 0) is 121 Å². The van der Waals surface area contributed by atoms with Crippen LogP contribution in [0.5, 0.6) is 11.5 Å². The van der Waals surface area contributed by atoms with E-state index in [4.69, 9.17) is 9.16 Å². The van der Waals surface area contributed by atoms with Crippen molar-refractivity contribution in [1.29, 1.82) is 0 Å². The van der Waals surface area contributed by atoms with Crippen LogP contribution in [0.25, 0.3) is 11.6 Å². The standard InChI is InChI=1S/C48H51IN2O7SSi/c1-48(2,3)60(35-15-7-5-8-16-35,36-17-9-6-10-18-36)58-30-33-27-37-44(47(56)51(46(37)55)28-34-14-13-23-59-34)38(29-52)43(33)41(53)21-20-32(40-19-11-12-22-50-40)24-31-25-39(49)45(54)42(26-31)57-4/h5-19,22-26,37-38,41,44,52-54H,20-21,27-30H2,1-4H3/b32-24-/t37-,38+,41-,44-/m1/s1. The molecule has 3 N–H and O–H groups in total. The molecule has 0 bridgehead atoms. The number of allylic oxidation sites excluding steroid dienone is 1. The summed E-state index contributed by atoms with van der Waals surface area (Å²) in [6, 6.07) is 33.7. The van der Waals surface area contributed by atoms with Gasteiger partial charge in [0.05, 0.1) is 54.1 Å². The zero-order valence-corrected chi connectivity index (χ0v) is 38.2. The number of fused-ring (bicyclic) bond motifs is 1. The first-order chi connectivity index (χ1) is 28.9. The first-order valence-corrected chi connectivity index (χ1v) is 24.1. The van der Waals surface area contributed by atoms with Gasteiger partial charge in [0.2, 0.25) is 11.8 Å². The lowest BCUT2D eigenvalue weighted by Gasteiger charge is -2.44. The fourth-order valence-electron chi connectivity index (χ4n) is 9.14. The Hall–Kier alpha value is -4.44. The Morgan fingerprint density at radius 3 is 2.25 bits per heavy atom. The Morgan fingerprint density at radius 1 is 0.983 bits per heavy atom. The lowest BCUT2D eigenvalue weighted by atomic mass is 9.68. The number of aromatic hydroxyl groups is 1. The summed E-state index contributed by atoms with van der Waals surface area (Å²) in [4.78, 5) is 35.5. The Labute approximate surface area is 370 Å². The Balaban J connectivity index is 1.30. The zero-order valence-electron chi connectivity index (χ0n) is 34.3. The van der Waals surface area contributed by atoms with Gasteiger partial charge in [-0.1, -0.05) is 93.6 Å². The third-order valence-electron chi connectivity index (χ3n) is 11.9. The van der Waals surface area contributed by atoms with E-state index in [9.17, 15) is 24.9 Å². The number of carbonyl (C=O) groups is 2. The topological polar surface area (TPSA) is 129 Å². The highest BCUT2D eigenvalue weighted by Gasteiger charge is 2.56. The Morgan fingerprint density at radius 2 is 1.67 bits per heavy atom. The predicted octanol–water partition coefficient (Wildman–Crippen LogP) is 7.83. The number of thiophene rings is 1. The monoisotopic (exact) mass is 954 g/mol. The summed E-state index contributed by atoms with van der Waals surface area (Å²) in [5, 5.41) is 38.1. The summed E-state index contributed by atoms with van der Waals surface area (Å²) >= 11 is 3.56. The van der Waals surface area contributed by atoms with Crippen LogP contribution in [0, 0.1) is 21.3 Å². The summed E-state index contributed by atoms with van der Waals surface area (Å²) in [7, 11) is -1.57. The molecule has 0 unspecified atom stereocenters. The van der Waals surface area contributed by atoms with Gasteiger partial charge in [-0.3, -0.25) is 19.5 Å². The minimum absolute atomic E-state index is 0.0596. The van der Waals surface area contributed by atoms with Crippen LogP contribution in [-0.4, -0.2) is 71.8 Å². The van der Waals surface area contributed by atoms with E-state index in [1.54, 1.807) is 12.3 Å². The summed E-state index contributed by atoms with van der Waals surface area (Å²) < 4.78 is 13.5. The molecule has 1 aliphatic carbocycles. The molecule has 0 saturated carbocycles. The van der Waals surface area contributed by atoms with Crippen LogP contribution in [0.4, 0.5) is 0 Å². The number of aromatic nitrogens is 1. The molecule has 1 saturated heterocycles. The molecule has 60 heavy (non-hydrogen) atoms. The lowest BCUT2D eigenvalue weighted by Crippen LogP contribution is -2.66. The highest BCUT2D eigenvalue weighted by Crippen LogP contribution is 2.48. The van der Waals surface area contributed by atoms with Gasteiger partial charge in [0.1, 0.15) is 0 Å². The molecule has 1 aliphatic heterocycles. The van der Waals surface area contributed by atoms with E-state index in [-0.39, 0.29) is 48.6 Å². The van der Waals surface area contributed by atoms with Gasteiger partial charge in [0, 0.05) is 17.0 Å². The number of ether oxygens (including phenoxy) is 1. The van der Waals surface area contributed by atoms with Gasteiger partial charge < -0.3 is 24.5 Å². The number of pyridine rings is 1. The number of benzene rings is 3. The Kier molecular flexibility index (Phi) is 13.6. The van der Waals surface area contributed by atoms with E-state index in [0.29, 0.717) is 21.3 Å². The van der Waals surface area contributed by atoms with Crippen molar-refractivity contribution < 1.29 is 34.1 Å². The lowest BCUT2D eigenvalue weighted by molar-refractivity contribution is -0.140. The highest BCUT2D eigenvalue weighted by molar-refractivity contribution is 14.1. The number of nitrogens with zero attached hydrogens (tertiary/aromatic N) is 2. The molecule has 0 spiro atoms. The zero-order chi connectivity index (χ0) is 42.6. The number of imide groups is 1. The summed E-state index contributed by atoms with van der Waals surface area (Å²) in [6.45, 7) is 6.47. The van der Waals surface area contributed by atoms with E-state index in [2.05, 4.69) is 72.6 Å². The maximum Gasteiger partial charge on any atom is 0.261 e. The molecule has 312 valence electrons. The molecule has 4 atom stereocenters. The third-order valence-corrected chi connectivity index (χ3v) is 18.6. The highest BCUT2D eigenvalue weighted by atomic mass is 127. The second-order valence-corrected chi connectivity index (χ2v) is 23.0. The van der Waals surface area contributed by atoms with Crippen LogP contribution < -0.4 is 15.1 Å². The summed E-state index contributed by atoms with van der Waals surface area (Å²) in [5.74, 6) is -2.49. The molecule has 2 aromatic heterocycles. The fourth-order valence-corrected chi connectivity index (χ4v) is 15.0. The van der Waals surface area contributed by atoms with E-state index in [1.807, 2.05) is 84.3 Å². The molecule has 2 aliphatic rings. The molecule has 0 radical (unpaired) electrons. The van der Waals surface area contributed by atoms with Crippen molar-refractivity contribution in [2.75, 3.05) is 20.3 Å². The average molecular weight is 955 g/mol. The predicted molar refractivity (Wildman–Crippen MR) is 247 cm³/mol. The number of phenols is 1. The van der Waals surface area contributed by atoms with Crippen LogP contribution in [0.15, 0.2) is 126 Å². The molecule has 5 aromatic rings. The van der Waals surface area contributed by atoms with Crippen molar-refractivity contribution in [2.24, 2.45) is 17.8 Å². The first-order valence-electron chi connectivity index (χ1n) is 20.2. The van der Waals surface area contributed by atoms with E-state index in [1.165, 1.54) is 23.3 Å². The number of carbonyl (C=O) groups excluding carboxylic acids is 2. The number of hydrogen-bond acceptors (Lipinski definition) is 9. The van der Waals surface area contributed by atoms with Gasteiger partial charge in [0.15, 0.2) is 11.5 Å². The normalized spacial score (nSPS) is 19.1. The van der Waals surface area contributed by atoms with Crippen LogP contribution >= 0.6 is 33.9 Å². The van der Waals surface area contributed by atoms with Crippen molar-refractivity contribution in [3.05, 3.63) is 146 Å². The van der Waals surface area contributed by atoms with Gasteiger partial charge in [-0.25, -0.2) is 0 Å². The van der Waals surface area contributed by atoms with Crippen LogP contribution in [0.1, 0.15) is 56.2 Å². The van der Waals surface area contributed by atoms with Crippen LogP contribution in [0.3, 0.4) is 0 Å². The second-order valence-electron chi connectivity index (χ2n) is 16.5. The van der Waals surface area contributed by atoms with Gasteiger partial charge >= 0.3 is 0 Å².